The molecule has 1 aromatic rings. The highest BCUT2D eigenvalue weighted by Crippen LogP contribution is 2.27. The maximum atomic E-state index is 5.22. The summed E-state index contributed by atoms with van der Waals surface area (Å²) < 4.78 is 6.01. The molecule has 0 N–H and O–H groups in total. The summed E-state index contributed by atoms with van der Waals surface area (Å²) in [6, 6.07) is 2.67. The molecule has 0 aliphatic carbocycles. The van der Waals surface area contributed by atoms with Gasteiger partial charge in [-0.25, -0.2) is 0 Å². The van der Waals surface area contributed by atoms with Gasteiger partial charge in [0.1, 0.15) is 4.60 Å². The predicted molar refractivity (Wildman–Crippen MR) is 62.5 cm³/mol. The largest absolute Gasteiger partial charge is 0.359 e. The fraction of sp³-hybridized carbons (Fsp3) is 0.727. The molecule has 1 fully saturated rings. The van der Waals surface area contributed by atoms with E-state index in [1.807, 2.05) is 6.07 Å². The molecule has 0 radical (unpaired) electrons. The van der Waals surface area contributed by atoms with E-state index in [0.29, 0.717) is 6.04 Å². The van der Waals surface area contributed by atoms with Crippen LogP contribution in [0.3, 0.4) is 0 Å². The molecule has 1 saturated heterocycles. The summed E-state index contributed by atoms with van der Waals surface area (Å²) in [5.41, 5.74) is 0. The lowest BCUT2D eigenvalue weighted by Gasteiger charge is -2.21. The summed E-state index contributed by atoms with van der Waals surface area (Å²) in [6.45, 7) is 6.64. The summed E-state index contributed by atoms with van der Waals surface area (Å²) in [5.74, 6) is 1.76. The summed E-state index contributed by atoms with van der Waals surface area (Å²) in [4.78, 5) is 2.50. The molecule has 0 spiro atoms. The van der Waals surface area contributed by atoms with Crippen molar-refractivity contribution < 1.29 is 4.52 Å². The molecular weight excluding hydrogens is 256 g/mol. The first-order valence-corrected chi connectivity index (χ1v) is 6.33. The maximum Gasteiger partial charge on any atom is 0.151 e. The van der Waals surface area contributed by atoms with Crippen LogP contribution in [-0.2, 0) is 6.54 Å². The second kappa shape index (κ2) is 4.66. The highest BCUT2D eigenvalue weighted by molar-refractivity contribution is 9.10. The van der Waals surface area contributed by atoms with Gasteiger partial charge in [0.15, 0.2) is 5.76 Å². The number of likely N-dealkylation sites (tertiary alicyclic amines) is 1. The van der Waals surface area contributed by atoms with Gasteiger partial charge in [-0.1, -0.05) is 19.0 Å². The van der Waals surface area contributed by atoms with Gasteiger partial charge < -0.3 is 4.52 Å². The highest BCUT2D eigenvalue weighted by Gasteiger charge is 2.28. The maximum absolute atomic E-state index is 5.22. The first-order valence-electron chi connectivity index (χ1n) is 5.54. The van der Waals surface area contributed by atoms with Crippen molar-refractivity contribution in [1.82, 2.24) is 10.1 Å². The Balaban J connectivity index is 1.99. The van der Waals surface area contributed by atoms with E-state index in [1.165, 1.54) is 19.4 Å². The molecule has 2 atom stereocenters. The molecule has 0 saturated carbocycles. The molecule has 2 unspecified atom stereocenters. The second-order valence-electron chi connectivity index (χ2n) is 4.45. The van der Waals surface area contributed by atoms with E-state index in [4.69, 9.17) is 4.52 Å². The van der Waals surface area contributed by atoms with Crippen molar-refractivity contribution in [2.24, 2.45) is 5.92 Å². The minimum absolute atomic E-state index is 0.712. The van der Waals surface area contributed by atoms with Gasteiger partial charge in [0.25, 0.3) is 0 Å². The van der Waals surface area contributed by atoms with Crippen molar-refractivity contribution in [2.75, 3.05) is 6.54 Å². The standard InChI is InChI=1S/C11H17BrN2O/c1-3-9-4-8(2)6-14(9)7-10-5-11(12)13-15-10/h5,8-9H,3-4,6-7H2,1-2H3. The van der Waals surface area contributed by atoms with Gasteiger partial charge in [-0.05, 0) is 34.7 Å². The number of rotatable bonds is 3. The van der Waals surface area contributed by atoms with Crippen molar-refractivity contribution in [3.05, 3.63) is 16.4 Å². The zero-order chi connectivity index (χ0) is 10.8. The van der Waals surface area contributed by atoms with Gasteiger partial charge in [-0.15, -0.1) is 0 Å². The number of nitrogens with zero attached hydrogens (tertiary/aromatic N) is 2. The zero-order valence-corrected chi connectivity index (χ0v) is 10.8. The van der Waals surface area contributed by atoms with E-state index in [0.717, 1.165) is 22.8 Å². The lowest BCUT2D eigenvalue weighted by atomic mass is 10.1. The molecule has 15 heavy (non-hydrogen) atoms. The van der Waals surface area contributed by atoms with Gasteiger partial charge in [-0.2, -0.15) is 0 Å². The topological polar surface area (TPSA) is 29.3 Å². The minimum atomic E-state index is 0.712. The van der Waals surface area contributed by atoms with Crippen LogP contribution in [0.25, 0.3) is 0 Å². The lowest BCUT2D eigenvalue weighted by molar-refractivity contribution is 0.209. The Morgan fingerprint density at radius 2 is 2.47 bits per heavy atom. The van der Waals surface area contributed by atoms with E-state index in [1.54, 1.807) is 0 Å². The number of aromatic nitrogens is 1. The van der Waals surface area contributed by atoms with Crippen LogP contribution >= 0.6 is 15.9 Å². The SMILES string of the molecule is CCC1CC(C)CN1Cc1cc(Br)no1. The molecule has 1 aromatic heterocycles. The zero-order valence-electron chi connectivity index (χ0n) is 9.24. The molecule has 3 nitrogen and oxygen atoms in total. The van der Waals surface area contributed by atoms with Crippen molar-refractivity contribution in [3.8, 4) is 0 Å². The molecule has 0 bridgehead atoms. The Kier molecular flexibility index (Phi) is 3.46. The van der Waals surface area contributed by atoms with Crippen molar-refractivity contribution in [2.45, 2.75) is 39.3 Å². The van der Waals surface area contributed by atoms with Crippen molar-refractivity contribution in [3.63, 3.8) is 0 Å². The minimum Gasteiger partial charge on any atom is -0.359 e. The van der Waals surface area contributed by atoms with Gasteiger partial charge in [0, 0.05) is 18.7 Å². The fourth-order valence-corrected chi connectivity index (χ4v) is 2.75. The first-order chi connectivity index (χ1) is 7.19. The molecule has 2 rings (SSSR count). The number of halogens is 1. The van der Waals surface area contributed by atoms with E-state index in [9.17, 15) is 0 Å². The van der Waals surface area contributed by atoms with E-state index >= 15 is 0 Å². The summed E-state index contributed by atoms with van der Waals surface area (Å²) in [5, 5.41) is 3.84. The molecular formula is C11H17BrN2O. The Labute approximate surface area is 98.9 Å². The van der Waals surface area contributed by atoms with Crippen molar-refractivity contribution in [1.29, 1.82) is 0 Å². The van der Waals surface area contributed by atoms with Gasteiger partial charge in [0.2, 0.25) is 0 Å². The fourth-order valence-electron chi connectivity index (χ4n) is 2.42. The summed E-state index contributed by atoms with van der Waals surface area (Å²) in [6.07, 6.45) is 2.53. The van der Waals surface area contributed by atoms with Gasteiger partial charge in [0.05, 0.1) is 6.54 Å². The first kappa shape index (κ1) is 11.1. The van der Waals surface area contributed by atoms with Crippen molar-refractivity contribution >= 4 is 15.9 Å². The molecule has 84 valence electrons. The smallest absolute Gasteiger partial charge is 0.151 e. The Morgan fingerprint density at radius 1 is 1.67 bits per heavy atom. The van der Waals surface area contributed by atoms with E-state index in [2.05, 4.69) is 39.8 Å². The molecule has 1 aliphatic rings. The summed E-state index contributed by atoms with van der Waals surface area (Å²) >= 11 is 3.30. The van der Waals surface area contributed by atoms with Crippen LogP contribution in [0.15, 0.2) is 15.2 Å². The quantitative estimate of drug-likeness (QED) is 0.847. The van der Waals surface area contributed by atoms with Crippen LogP contribution in [0.4, 0.5) is 0 Å². The third-order valence-electron chi connectivity index (χ3n) is 3.10. The molecule has 0 amide bonds. The van der Waals surface area contributed by atoms with Gasteiger partial charge in [-0.3, -0.25) is 4.90 Å². The summed E-state index contributed by atoms with van der Waals surface area (Å²) in [7, 11) is 0. The molecule has 1 aliphatic heterocycles. The predicted octanol–water partition coefficient (Wildman–Crippen LogP) is 3.06. The molecule has 0 aromatic carbocycles. The monoisotopic (exact) mass is 272 g/mol. The number of hydrogen-bond donors (Lipinski definition) is 0. The Morgan fingerprint density at radius 3 is 3.07 bits per heavy atom. The second-order valence-corrected chi connectivity index (χ2v) is 5.26. The third-order valence-corrected chi connectivity index (χ3v) is 3.47. The molecule has 2 heterocycles. The lowest BCUT2D eigenvalue weighted by Crippen LogP contribution is -2.28. The van der Waals surface area contributed by atoms with Crippen LogP contribution in [0.2, 0.25) is 0 Å². The van der Waals surface area contributed by atoms with Gasteiger partial charge >= 0.3 is 0 Å². The average molecular weight is 273 g/mol. The van der Waals surface area contributed by atoms with Crippen LogP contribution in [0, 0.1) is 5.92 Å². The van der Waals surface area contributed by atoms with E-state index in [-0.39, 0.29) is 0 Å². The van der Waals surface area contributed by atoms with E-state index < -0.39 is 0 Å². The van der Waals surface area contributed by atoms with Crippen LogP contribution in [0.5, 0.6) is 0 Å². The van der Waals surface area contributed by atoms with Crippen LogP contribution in [0.1, 0.15) is 32.4 Å². The van der Waals surface area contributed by atoms with Crippen LogP contribution < -0.4 is 0 Å². The Hall–Kier alpha value is -0.350. The average Bonchev–Trinajstić information content (AvgIpc) is 2.73. The number of hydrogen-bond acceptors (Lipinski definition) is 3. The highest BCUT2D eigenvalue weighted by atomic mass is 79.9. The third kappa shape index (κ3) is 2.61. The van der Waals surface area contributed by atoms with Crippen LogP contribution in [-0.4, -0.2) is 22.6 Å². The molecule has 4 heteroatoms. The Bertz CT molecular complexity index is 326. The normalized spacial score (nSPS) is 27.4.